The molecule has 1 aromatic heterocycles. The monoisotopic (exact) mass is 358 g/mol. The van der Waals surface area contributed by atoms with Gasteiger partial charge in [0, 0.05) is 62.4 Å². The number of carbonyl (C=O) groups is 2. The van der Waals surface area contributed by atoms with E-state index in [0.29, 0.717) is 17.6 Å². The van der Waals surface area contributed by atoms with Gasteiger partial charge in [0.05, 0.1) is 5.56 Å². The Kier molecular flexibility index (Phi) is 4.23. The van der Waals surface area contributed by atoms with Crippen LogP contribution in [0.25, 0.3) is 0 Å². The summed E-state index contributed by atoms with van der Waals surface area (Å²) in [5, 5.41) is 8.85. The van der Waals surface area contributed by atoms with Gasteiger partial charge in [-0.1, -0.05) is 6.92 Å². The minimum absolute atomic E-state index is 0.189. The number of rotatable bonds is 4. The standard InChI is InChI=1S/C19H26N4O3/c1-3-15-5-17-14(4-13(8-20-17)18(25)21-26)9-22(15)10-19-6-16(7-19)23(11-19)12(2)24/h4,8,15-16,26H,3,5-7,9-11H2,1-2H3,(H,21,25). The van der Waals surface area contributed by atoms with Crippen LogP contribution in [0.3, 0.4) is 0 Å². The second-order valence-electron chi connectivity index (χ2n) is 8.15. The fourth-order valence-corrected chi connectivity index (χ4v) is 5.09. The summed E-state index contributed by atoms with van der Waals surface area (Å²) in [4.78, 5) is 32.5. The van der Waals surface area contributed by atoms with Gasteiger partial charge in [-0.3, -0.25) is 24.7 Å². The number of amides is 2. The number of hydrogen-bond acceptors (Lipinski definition) is 5. The molecular weight excluding hydrogens is 332 g/mol. The van der Waals surface area contributed by atoms with Gasteiger partial charge in [-0.15, -0.1) is 0 Å². The van der Waals surface area contributed by atoms with Gasteiger partial charge >= 0.3 is 0 Å². The van der Waals surface area contributed by atoms with Crippen LogP contribution in [0.2, 0.25) is 0 Å². The van der Waals surface area contributed by atoms with Gasteiger partial charge in [-0.2, -0.15) is 0 Å². The second-order valence-corrected chi connectivity index (χ2v) is 8.15. The Balaban J connectivity index is 1.53. The molecule has 4 heterocycles. The quantitative estimate of drug-likeness (QED) is 0.627. The van der Waals surface area contributed by atoms with E-state index in [9.17, 15) is 9.59 Å². The van der Waals surface area contributed by atoms with E-state index in [1.54, 1.807) is 12.4 Å². The molecule has 4 aliphatic rings. The maximum Gasteiger partial charge on any atom is 0.276 e. The van der Waals surface area contributed by atoms with Crippen molar-refractivity contribution in [3.63, 3.8) is 0 Å². The van der Waals surface area contributed by atoms with Crippen molar-refractivity contribution >= 4 is 11.8 Å². The van der Waals surface area contributed by atoms with E-state index in [-0.39, 0.29) is 11.3 Å². The predicted molar refractivity (Wildman–Crippen MR) is 94.5 cm³/mol. The maximum absolute atomic E-state index is 11.8. The molecule has 7 heteroatoms. The van der Waals surface area contributed by atoms with Gasteiger partial charge in [0.15, 0.2) is 0 Å². The van der Waals surface area contributed by atoms with Crippen molar-refractivity contribution in [2.45, 2.75) is 58.2 Å². The van der Waals surface area contributed by atoms with Crippen molar-refractivity contribution in [3.8, 4) is 0 Å². The van der Waals surface area contributed by atoms with E-state index in [1.165, 1.54) is 6.20 Å². The predicted octanol–water partition coefficient (Wildman–Crippen LogP) is 1.35. The molecule has 1 unspecified atom stereocenters. The van der Waals surface area contributed by atoms with Crippen molar-refractivity contribution < 1.29 is 14.8 Å². The highest BCUT2D eigenvalue weighted by molar-refractivity contribution is 5.93. The minimum Gasteiger partial charge on any atom is -0.339 e. The SMILES string of the molecule is CCC1Cc2ncc(C(=O)NO)cc2CN1CC12CC(C1)N(C(C)=O)C2. The first-order valence-corrected chi connectivity index (χ1v) is 9.38. The molecule has 140 valence electrons. The first-order chi connectivity index (χ1) is 12.4. The van der Waals surface area contributed by atoms with Crippen molar-refractivity contribution in [1.29, 1.82) is 0 Å². The molecule has 2 bridgehead atoms. The van der Waals surface area contributed by atoms with Crippen LogP contribution < -0.4 is 5.48 Å². The van der Waals surface area contributed by atoms with Gasteiger partial charge in [0.1, 0.15) is 0 Å². The topological polar surface area (TPSA) is 85.8 Å². The number of pyridine rings is 1. The summed E-state index contributed by atoms with van der Waals surface area (Å²) in [7, 11) is 0. The fraction of sp³-hybridized carbons (Fsp3) is 0.632. The highest BCUT2D eigenvalue weighted by atomic mass is 16.5. The summed E-state index contributed by atoms with van der Waals surface area (Å²) < 4.78 is 0. The van der Waals surface area contributed by atoms with Crippen LogP contribution >= 0.6 is 0 Å². The lowest BCUT2D eigenvalue weighted by Crippen LogP contribution is -2.49. The number of carbonyl (C=O) groups excluding carboxylic acids is 2. The van der Waals surface area contributed by atoms with Gasteiger partial charge in [0.2, 0.25) is 5.91 Å². The zero-order valence-electron chi connectivity index (χ0n) is 15.4. The number of nitrogens with one attached hydrogen (secondary N) is 1. The average molecular weight is 358 g/mol. The lowest BCUT2D eigenvalue weighted by molar-refractivity contribution is -0.128. The molecule has 1 atom stereocenters. The lowest BCUT2D eigenvalue weighted by atomic mass is 9.69. The summed E-state index contributed by atoms with van der Waals surface area (Å²) in [5.74, 6) is -0.341. The minimum atomic E-state index is -0.530. The van der Waals surface area contributed by atoms with Crippen LogP contribution in [0, 0.1) is 5.41 Å². The molecule has 26 heavy (non-hydrogen) atoms. The van der Waals surface area contributed by atoms with E-state index in [4.69, 9.17) is 5.21 Å². The van der Waals surface area contributed by atoms with Gasteiger partial charge in [-0.05, 0) is 30.9 Å². The Morgan fingerprint density at radius 2 is 2.19 bits per heavy atom. The highest BCUT2D eigenvalue weighted by Crippen LogP contribution is 2.52. The van der Waals surface area contributed by atoms with Crippen molar-refractivity contribution in [2.75, 3.05) is 13.1 Å². The Labute approximate surface area is 153 Å². The van der Waals surface area contributed by atoms with Crippen LogP contribution in [0.15, 0.2) is 12.3 Å². The van der Waals surface area contributed by atoms with Crippen LogP contribution in [0.1, 0.15) is 54.7 Å². The molecule has 2 saturated heterocycles. The van der Waals surface area contributed by atoms with Crippen LogP contribution in [-0.4, -0.2) is 57.0 Å². The molecule has 0 spiro atoms. The molecule has 3 aliphatic heterocycles. The second kappa shape index (κ2) is 6.32. The van der Waals surface area contributed by atoms with Gasteiger partial charge in [0.25, 0.3) is 5.91 Å². The highest BCUT2D eigenvalue weighted by Gasteiger charge is 2.56. The molecule has 7 nitrogen and oxygen atoms in total. The van der Waals surface area contributed by atoms with E-state index < -0.39 is 5.91 Å². The molecule has 0 aromatic carbocycles. The average Bonchev–Trinajstić information content (AvgIpc) is 3.15. The van der Waals surface area contributed by atoms with Crippen LogP contribution in [0.5, 0.6) is 0 Å². The van der Waals surface area contributed by atoms with Crippen LogP contribution in [0.4, 0.5) is 0 Å². The molecule has 3 fully saturated rings. The number of fused-ring (bicyclic) bond motifs is 2. The summed E-state index contributed by atoms with van der Waals surface area (Å²) in [6.45, 7) is 6.49. The van der Waals surface area contributed by atoms with Crippen LogP contribution in [-0.2, 0) is 17.8 Å². The largest absolute Gasteiger partial charge is 0.339 e. The third-order valence-electron chi connectivity index (χ3n) is 6.44. The first-order valence-electron chi connectivity index (χ1n) is 9.38. The lowest BCUT2D eigenvalue weighted by Gasteiger charge is -2.45. The number of aromatic nitrogens is 1. The zero-order chi connectivity index (χ0) is 18.5. The molecule has 1 aromatic rings. The van der Waals surface area contributed by atoms with Gasteiger partial charge in [-0.25, -0.2) is 5.48 Å². The summed E-state index contributed by atoms with van der Waals surface area (Å²) in [6, 6.07) is 2.71. The molecular formula is C19H26N4O3. The van der Waals surface area contributed by atoms with E-state index in [1.807, 2.05) is 11.0 Å². The van der Waals surface area contributed by atoms with E-state index in [2.05, 4.69) is 16.8 Å². The number of hydroxylamine groups is 1. The molecule has 2 amide bonds. The Morgan fingerprint density at radius 3 is 2.81 bits per heavy atom. The summed E-state index contributed by atoms with van der Waals surface area (Å²) in [6.07, 6.45) is 5.68. The molecule has 5 rings (SSSR count). The molecule has 1 aliphatic carbocycles. The molecule has 2 N–H and O–H groups in total. The Bertz CT molecular complexity index is 744. The Hall–Kier alpha value is -1.99. The van der Waals surface area contributed by atoms with E-state index in [0.717, 1.165) is 56.6 Å². The third-order valence-corrected chi connectivity index (χ3v) is 6.44. The summed E-state index contributed by atoms with van der Waals surface area (Å²) >= 11 is 0. The third kappa shape index (κ3) is 2.79. The maximum atomic E-state index is 11.8. The normalized spacial score (nSPS) is 29.9. The summed E-state index contributed by atoms with van der Waals surface area (Å²) in [5.41, 5.74) is 4.39. The molecule has 0 radical (unpaired) electrons. The smallest absolute Gasteiger partial charge is 0.276 e. The van der Waals surface area contributed by atoms with Crippen molar-refractivity contribution in [2.24, 2.45) is 5.41 Å². The molecule has 1 saturated carbocycles. The Morgan fingerprint density at radius 1 is 1.42 bits per heavy atom. The first kappa shape index (κ1) is 17.4. The fourth-order valence-electron chi connectivity index (χ4n) is 5.09. The van der Waals surface area contributed by atoms with Crippen molar-refractivity contribution in [3.05, 3.63) is 29.1 Å². The zero-order valence-corrected chi connectivity index (χ0v) is 15.4. The van der Waals surface area contributed by atoms with Crippen molar-refractivity contribution in [1.82, 2.24) is 20.3 Å². The van der Waals surface area contributed by atoms with Gasteiger partial charge < -0.3 is 4.90 Å². The van der Waals surface area contributed by atoms with E-state index >= 15 is 0 Å². The number of hydrogen-bond donors (Lipinski definition) is 2. The number of nitrogens with zero attached hydrogens (tertiary/aromatic N) is 3.